The number of H-pyrrole nitrogens is 1. The second kappa shape index (κ2) is 7.63. The summed E-state index contributed by atoms with van der Waals surface area (Å²) in [5.41, 5.74) is 4.70. The highest BCUT2D eigenvalue weighted by Gasteiger charge is 2.16. The van der Waals surface area contributed by atoms with E-state index in [1.807, 2.05) is 32.4 Å². The van der Waals surface area contributed by atoms with Gasteiger partial charge in [-0.15, -0.1) is 0 Å². The number of carbonyl (C=O) groups is 1. The van der Waals surface area contributed by atoms with Crippen LogP contribution in [0.3, 0.4) is 0 Å². The molecular formula is C18H27N5O2. The van der Waals surface area contributed by atoms with E-state index < -0.39 is 0 Å². The molecule has 0 aliphatic rings. The van der Waals surface area contributed by atoms with Gasteiger partial charge < -0.3 is 5.32 Å². The van der Waals surface area contributed by atoms with Crippen molar-refractivity contribution < 1.29 is 4.79 Å². The standard InChI is InChI=1S/C18H27N5O2/c1-10(2)9-23-14(6)15(13(5)22-23)7-17(24)19-8-16-11(3)12(4)20-21-18(16)25/h10H,7-9H2,1-6H3,(H,19,24)(H,21,25). The van der Waals surface area contributed by atoms with Gasteiger partial charge >= 0.3 is 0 Å². The minimum absolute atomic E-state index is 0.122. The van der Waals surface area contributed by atoms with Gasteiger partial charge in [0.2, 0.25) is 5.91 Å². The molecule has 0 bridgehead atoms. The first-order valence-electron chi connectivity index (χ1n) is 8.55. The molecule has 25 heavy (non-hydrogen) atoms. The van der Waals surface area contributed by atoms with Crippen molar-refractivity contribution in [2.24, 2.45) is 5.92 Å². The minimum atomic E-state index is -0.263. The lowest BCUT2D eigenvalue weighted by Gasteiger charge is -2.09. The van der Waals surface area contributed by atoms with E-state index in [0.29, 0.717) is 11.5 Å². The number of aromatic amines is 1. The summed E-state index contributed by atoms with van der Waals surface area (Å²) in [5.74, 6) is 0.368. The van der Waals surface area contributed by atoms with Gasteiger partial charge in [0.15, 0.2) is 0 Å². The monoisotopic (exact) mass is 345 g/mol. The number of hydrogen-bond acceptors (Lipinski definition) is 4. The summed E-state index contributed by atoms with van der Waals surface area (Å²) in [6.45, 7) is 12.9. The van der Waals surface area contributed by atoms with Gasteiger partial charge in [-0.2, -0.15) is 10.2 Å². The van der Waals surface area contributed by atoms with Crippen molar-refractivity contribution in [3.8, 4) is 0 Å². The maximum atomic E-state index is 12.4. The molecule has 0 saturated carbocycles. The predicted molar refractivity (Wildman–Crippen MR) is 96.4 cm³/mol. The topological polar surface area (TPSA) is 92.7 Å². The Balaban J connectivity index is 2.08. The molecule has 0 spiro atoms. The lowest BCUT2D eigenvalue weighted by Crippen LogP contribution is -2.29. The lowest BCUT2D eigenvalue weighted by molar-refractivity contribution is -0.120. The van der Waals surface area contributed by atoms with E-state index in [-0.39, 0.29) is 24.4 Å². The van der Waals surface area contributed by atoms with Gasteiger partial charge in [-0.3, -0.25) is 14.3 Å². The molecule has 2 N–H and O–H groups in total. The Labute approximate surface area is 147 Å². The van der Waals surface area contributed by atoms with Crippen LogP contribution in [0.1, 0.15) is 47.6 Å². The predicted octanol–water partition coefficient (Wildman–Crippen LogP) is 1.71. The molecule has 136 valence electrons. The summed E-state index contributed by atoms with van der Waals surface area (Å²) in [7, 11) is 0. The number of hydrogen-bond donors (Lipinski definition) is 2. The molecule has 2 aromatic rings. The van der Waals surface area contributed by atoms with Crippen molar-refractivity contribution in [1.29, 1.82) is 0 Å². The van der Waals surface area contributed by atoms with Crippen LogP contribution < -0.4 is 10.9 Å². The molecule has 0 atom stereocenters. The van der Waals surface area contributed by atoms with Gasteiger partial charge in [0.05, 0.1) is 17.8 Å². The summed E-state index contributed by atoms with van der Waals surface area (Å²) in [5, 5.41) is 13.7. The number of amides is 1. The summed E-state index contributed by atoms with van der Waals surface area (Å²) in [6, 6.07) is 0. The zero-order chi connectivity index (χ0) is 18.7. The van der Waals surface area contributed by atoms with Crippen LogP contribution in [0.15, 0.2) is 4.79 Å². The first kappa shape index (κ1) is 18.9. The Morgan fingerprint density at radius 1 is 1.16 bits per heavy atom. The molecule has 7 nitrogen and oxygen atoms in total. The van der Waals surface area contributed by atoms with Gasteiger partial charge in [0.1, 0.15) is 0 Å². The van der Waals surface area contributed by atoms with E-state index >= 15 is 0 Å². The van der Waals surface area contributed by atoms with Crippen molar-refractivity contribution >= 4 is 5.91 Å². The third-order valence-electron chi connectivity index (χ3n) is 4.46. The third-order valence-corrected chi connectivity index (χ3v) is 4.46. The number of nitrogens with one attached hydrogen (secondary N) is 2. The summed E-state index contributed by atoms with van der Waals surface area (Å²) < 4.78 is 1.96. The lowest BCUT2D eigenvalue weighted by atomic mass is 10.1. The highest BCUT2D eigenvalue weighted by molar-refractivity contribution is 5.79. The molecule has 0 unspecified atom stereocenters. The molecule has 7 heteroatoms. The fourth-order valence-corrected chi connectivity index (χ4v) is 2.81. The Morgan fingerprint density at radius 3 is 2.48 bits per heavy atom. The quantitative estimate of drug-likeness (QED) is 0.834. The Kier molecular flexibility index (Phi) is 5.77. The second-order valence-corrected chi connectivity index (χ2v) is 6.92. The van der Waals surface area contributed by atoms with Gasteiger partial charge in [-0.25, -0.2) is 5.10 Å². The molecule has 0 aliphatic heterocycles. The molecule has 2 aromatic heterocycles. The maximum absolute atomic E-state index is 12.4. The third kappa shape index (κ3) is 4.35. The smallest absolute Gasteiger partial charge is 0.269 e. The fourth-order valence-electron chi connectivity index (χ4n) is 2.81. The highest BCUT2D eigenvalue weighted by atomic mass is 16.1. The zero-order valence-corrected chi connectivity index (χ0v) is 15.9. The molecule has 0 aliphatic carbocycles. The van der Waals surface area contributed by atoms with E-state index in [0.717, 1.165) is 34.8 Å². The van der Waals surface area contributed by atoms with Gasteiger partial charge in [-0.1, -0.05) is 13.8 Å². The van der Waals surface area contributed by atoms with Crippen LogP contribution >= 0.6 is 0 Å². The van der Waals surface area contributed by atoms with Crippen molar-refractivity contribution in [2.45, 2.75) is 61.1 Å². The van der Waals surface area contributed by atoms with Gasteiger partial charge in [-0.05, 0) is 39.2 Å². The number of aromatic nitrogens is 4. The Bertz CT molecular complexity index is 833. The minimum Gasteiger partial charge on any atom is -0.352 e. The summed E-state index contributed by atoms with van der Waals surface area (Å²) in [6.07, 6.45) is 0.261. The van der Waals surface area contributed by atoms with Crippen LogP contribution in [0.2, 0.25) is 0 Å². The van der Waals surface area contributed by atoms with Gasteiger partial charge in [0, 0.05) is 29.9 Å². The van der Waals surface area contributed by atoms with Gasteiger partial charge in [0.25, 0.3) is 5.56 Å². The molecule has 0 fully saturated rings. The summed E-state index contributed by atoms with van der Waals surface area (Å²) in [4.78, 5) is 24.2. The molecular weight excluding hydrogens is 318 g/mol. The molecule has 0 aromatic carbocycles. The number of rotatable bonds is 6. The first-order valence-corrected chi connectivity index (χ1v) is 8.55. The number of aryl methyl sites for hydroxylation is 2. The number of nitrogens with zero attached hydrogens (tertiary/aromatic N) is 3. The SMILES string of the molecule is Cc1n[nH]c(=O)c(CNC(=O)Cc2c(C)nn(CC(C)C)c2C)c1C. The number of carbonyl (C=O) groups excluding carboxylic acids is 1. The van der Waals surface area contributed by atoms with E-state index in [1.165, 1.54) is 0 Å². The van der Waals surface area contributed by atoms with Crippen LogP contribution in [0.4, 0.5) is 0 Å². The Morgan fingerprint density at radius 2 is 1.84 bits per heavy atom. The van der Waals surface area contributed by atoms with Crippen molar-refractivity contribution in [2.75, 3.05) is 0 Å². The Hall–Kier alpha value is -2.44. The second-order valence-electron chi connectivity index (χ2n) is 6.92. The molecule has 2 rings (SSSR count). The van der Waals surface area contributed by atoms with Crippen LogP contribution in [-0.4, -0.2) is 25.9 Å². The maximum Gasteiger partial charge on any atom is 0.269 e. The van der Waals surface area contributed by atoms with Crippen LogP contribution in [0.5, 0.6) is 0 Å². The summed E-state index contributed by atoms with van der Waals surface area (Å²) >= 11 is 0. The van der Waals surface area contributed by atoms with E-state index in [1.54, 1.807) is 0 Å². The van der Waals surface area contributed by atoms with Crippen LogP contribution in [-0.2, 0) is 24.3 Å². The van der Waals surface area contributed by atoms with E-state index in [2.05, 4.69) is 34.5 Å². The highest BCUT2D eigenvalue weighted by Crippen LogP contribution is 2.15. The molecule has 1 amide bonds. The zero-order valence-electron chi connectivity index (χ0n) is 15.9. The molecule has 0 radical (unpaired) electrons. The van der Waals surface area contributed by atoms with E-state index in [4.69, 9.17) is 0 Å². The largest absolute Gasteiger partial charge is 0.352 e. The molecule has 2 heterocycles. The van der Waals surface area contributed by atoms with E-state index in [9.17, 15) is 9.59 Å². The average Bonchev–Trinajstić information content (AvgIpc) is 2.78. The van der Waals surface area contributed by atoms with Crippen molar-refractivity contribution in [1.82, 2.24) is 25.3 Å². The fraction of sp³-hybridized carbons (Fsp3) is 0.556. The average molecular weight is 345 g/mol. The van der Waals surface area contributed by atoms with Crippen molar-refractivity contribution in [3.63, 3.8) is 0 Å². The van der Waals surface area contributed by atoms with Crippen LogP contribution in [0.25, 0.3) is 0 Å². The van der Waals surface area contributed by atoms with Crippen LogP contribution in [0, 0.1) is 33.6 Å². The normalized spacial score (nSPS) is 11.2. The molecule has 0 saturated heterocycles. The first-order chi connectivity index (χ1) is 11.7. The van der Waals surface area contributed by atoms with Crippen molar-refractivity contribution in [3.05, 3.63) is 44.1 Å².